The van der Waals surface area contributed by atoms with Crippen LogP contribution in [0.2, 0.25) is 0 Å². The van der Waals surface area contributed by atoms with E-state index in [1.165, 1.54) is 24.3 Å². The first-order valence-electron chi connectivity index (χ1n) is 7.29. The van der Waals surface area contributed by atoms with E-state index in [0.29, 0.717) is 11.0 Å². The maximum atomic E-state index is 13.4. The van der Waals surface area contributed by atoms with Gasteiger partial charge in [0.1, 0.15) is 17.0 Å². The Morgan fingerprint density at radius 2 is 1.80 bits per heavy atom. The van der Waals surface area contributed by atoms with E-state index in [-0.39, 0.29) is 11.3 Å². The molecule has 0 fully saturated rings. The molecule has 0 aliphatic carbocycles. The third kappa shape index (κ3) is 3.72. The van der Waals surface area contributed by atoms with Crippen LogP contribution < -0.4 is 10.9 Å². The van der Waals surface area contributed by atoms with Gasteiger partial charge in [-0.15, -0.1) is 0 Å². The van der Waals surface area contributed by atoms with Gasteiger partial charge in [-0.3, -0.25) is 4.79 Å². The van der Waals surface area contributed by atoms with E-state index in [0.717, 1.165) is 0 Å². The molecule has 1 heterocycles. The molecule has 0 aliphatic heterocycles. The van der Waals surface area contributed by atoms with Crippen molar-refractivity contribution < 1.29 is 23.1 Å². The molecule has 0 bridgehead atoms. The van der Waals surface area contributed by atoms with Gasteiger partial charge in [-0.2, -0.15) is 0 Å². The fourth-order valence-corrected chi connectivity index (χ4v) is 2.16. The largest absolute Gasteiger partial charge is 0.452 e. The lowest BCUT2D eigenvalue weighted by Gasteiger charge is -2.07. The number of carbonyl (C=O) groups excluding carboxylic acids is 2. The number of para-hydroxylation sites is 2. The summed E-state index contributed by atoms with van der Waals surface area (Å²) >= 11 is 0. The number of rotatable bonds is 4. The van der Waals surface area contributed by atoms with E-state index in [4.69, 9.17) is 9.15 Å². The van der Waals surface area contributed by atoms with E-state index in [2.05, 4.69) is 5.32 Å². The van der Waals surface area contributed by atoms with E-state index in [9.17, 15) is 18.8 Å². The van der Waals surface area contributed by atoms with Crippen molar-refractivity contribution in [2.45, 2.75) is 0 Å². The maximum Gasteiger partial charge on any atom is 0.351 e. The highest BCUT2D eigenvalue weighted by atomic mass is 19.1. The van der Waals surface area contributed by atoms with Crippen LogP contribution in [-0.2, 0) is 9.53 Å². The Bertz CT molecular complexity index is 1010. The lowest BCUT2D eigenvalue weighted by molar-refractivity contribution is -0.119. The minimum Gasteiger partial charge on any atom is -0.452 e. The number of benzene rings is 2. The van der Waals surface area contributed by atoms with Gasteiger partial charge in [-0.1, -0.05) is 30.3 Å². The van der Waals surface area contributed by atoms with Crippen molar-refractivity contribution in [2.24, 2.45) is 0 Å². The van der Waals surface area contributed by atoms with E-state index in [1.807, 2.05) is 0 Å². The average Bonchev–Trinajstić information content (AvgIpc) is 2.61. The molecule has 0 aliphatic rings. The summed E-state index contributed by atoms with van der Waals surface area (Å²) in [6.07, 6.45) is 0. The number of ether oxygens (including phenoxy) is 1. The second-order valence-electron chi connectivity index (χ2n) is 5.09. The van der Waals surface area contributed by atoms with Gasteiger partial charge in [0, 0.05) is 5.39 Å². The predicted molar refractivity (Wildman–Crippen MR) is 87.8 cm³/mol. The summed E-state index contributed by atoms with van der Waals surface area (Å²) < 4.78 is 23.3. The summed E-state index contributed by atoms with van der Waals surface area (Å²) in [6, 6.07) is 13.6. The van der Waals surface area contributed by atoms with Gasteiger partial charge < -0.3 is 14.5 Å². The molecule has 0 saturated carbocycles. The highest BCUT2D eigenvalue weighted by molar-refractivity contribution is 5.96. The number of hydrogen-bond acceptors (Lipinski definition) is 5. The van der Waals surface area contributed by atoms with Crippen LogP contribution in [0.15, 0.2) is 63.8 Å². The number of nitrogens with one attached hydrogen (secondary N) is 1. The zero-order valence-corrected chi connectivity index (χ0v) is 12.8. The van der Waals surface area contributed by atoms with Crippen molar-refractivity contribution in [1.29, 1.82) is 0 Å². The first-order valence-corrected chi connectivity index (χ1v) is 7.29. The SMILES string of the molecule is O=C(COC(=O)c1cc2ccccc2oc1=O)Nc1ccccc1F. The second kappa shape index (κ2) is 6.96. The van der Waals surface area contributed by atoms with Crippen molar-refractivity contribution in [1.82, 2.24) is 0 Å². The van der Waals surface area contributed by atoms with Gasteiger partial charge in [0.25, 0.3) is 5.91 Å². The second-order valence-corrected chi connectivity index (χ2v) is 5.09. The Labute approximate surface area is 140 Å². The van der Waals surface area contributed by atoms with Crippen molar-refractivity contribution in [3.8, 4) is 0 Å². The molecule has 0 saturated heterocycles. The van der Waals surface area contributed by atoms with Crippen molar-refractivity contribution in [3.05, 3.63) is 76.4 Å². The number of hydrogen-bond donors (Lipinski definition) is 1. The minimum atomic E-state index is -0.997. The Hall–Kier alpha value is -3.48. The zero-order valence-electron chi connectivity index (χ0n) is 12.8. The van der Waals surface area contributed by atoms with Crippen LogP contribution >= 0.6 is 0 Å². The summed E-state index contributed by atoms with van der Waals surface area (Å²) in [5.74, 6) is -2.34. The summed E-state index contributed by atoms with van der Waals surface area (Å²) in [4.78, 5) is 35.6. The molecule has 0 spiro atoms. The quantitative estimate of drug-likeness (QED) is 0.582. The van der Waals surface area contributed by atoms with Crippen LogP contribution in [0.5, 0.6) is 0 Å². The standard InChI is InChI=1S/C18H12FNO5/c19-13-6-2-3-7-14(13)20-16(21)10-24-17(22)12-9-11-5-1-4-8-15(11)25-18(12)23/h1-9H,10H2,(H,20,21). The summed E-state index contributed by atoms with van der Waals surface area (Å²) in [5.41, 5.74) is -0.884. The Morgan fingerprint density at radius 3 is 2.60 bits per heavy atom. The molecular weight excluding hydrogens is 329 g/mol. The van der Waals surface area contributed by atoms with Crippen LogP contribution in [0.25, 0.3) is 11.0 Å². The van der Waals surface area contributed by atoms with E-state index < -0.39 is 29.9 Å². The first kappa shape index (κ1) is 16.4. The number of fused-ring (bicyclic) bond motifs is 1. The Morgan fingerprint density at radius 1 is 1.08 bits per heavy atom. The molecule has 3 rings (SSSR count). The lowest BCUT2D eigenvalue weighted by Crippen LogP contribution is -2.24. The monoisotopic (exact) mass is 341 g/mol. The number of esters is 1. The number of halogens is 1. The smallest absolute Gasteiger partial charge is 0.351 e. The zero-order chi connectivity index (χ0) is 17.8. The topological polar surface area (TPSA) is 85.6 Å². The fourth-order valence-electron chi connectivity index (χ4n) is 2.16. The fraction of sp³-hybridized carbons (Fsp3) is 0.0556. The Balaban J connectivity index is 1.68. The van der Waals surface area contributed by atoms with Gasteiger partial charge in [0.2, 0.25) is 0 Å². The minimum absolute atomic E-state index is 0.0335. The van der Waals surface area contributed by atoms with Gasteiger partial charge >= 0.3 is 11.6 Å². The van der Waals surface area contributed by atoms with Gasteiger partial charge in [-0.05, 0) is 24.3 Å². The number of amides is 1. The van der Waals surface area contributed by atoms with Crippen LogP contribution in [0.3, 0.4) is 0 Å². The third-order valence-corrected chi connectivity index (χ3v) is 3.34. The van der Waals surface area contributed by atoms with Crippen LogP contribution in [0.1, 0.15) is 10.4 Å². The van der Waals surface area contributed by atoms with Crippen LogP contribution in [0, 0.1) is 5.82 Å². The predicted octanol–water partition coefficient (Wildman–Crippen LogP) is 2.73. The molecule has 1 aromatic heterocycles. The van der Waals surface area contributed by atoms with Crippen LogP contribution in [-0.4, -0.2) is 18.5 Å². The number of carbonyl (C=O) groups is 2. The molecule has 0 atom stereocenters. The molecule has 0 unspecified atom stereocenters. The highest BCUT2D eigenvalue weighted by Gasteiger charge is 2.17. The molecule has 1 N–H and O–H groups in total. The summed E-state index contributed by atoms with van der Waals surface area (Å²) in [7, 11) is 0. The molecule has 7 heteroatoms. The molecule has 0 radical (unpaired) electrons. The van der Waals surface area contributed by atoms with E-state index in [1.54, 1.807) is 30.3 Å². The summed E-state index contributed by atoms with van der Waals surface area (Å²) in [5, 5.41) is 2.81. The van der Waals surface area contributed by atoms with Crippen molar-refractivity contribution >= 4 is 28.5 Å². The van der Waals surface area contributed by atoms with Crippen LogP contribution in [0.4, 0.5) is 10.1 Å². The molecule has 25 heavy (non-hydrogen) atoms. The molecule has 1 amide bonds. The molecular formula is C18H12FNO5. The van der Waals surface area contributed by atoms with Crippen molar-refractivity contribution in [2.75, 3.05) is 11.9 Å². The highest BCUT2D eigenvalue weighted by Crippen LogP contribution is 2.14. The number of anilines is 1. The molecule has 2 aromatic carbocycles. The normalized spacial score (nSPS) is 10.4. The Kier molecular flexibility index (Phi) is 4.56. The maximum absolute atomic E-state index is 13.4. The molecule has 6 nitrogen and oxygen atoms in total. The molecule has 3 aromatic rings. The van der Waals surface area contributed by atoms with Gasteiger partial charge in [0.15, 0.2) is 6.61 Å². The first-order chi connectivity index (χ1) is 12.0. The summed E-state index contributed by atoms with van der Waals surface area (Å²) in [6.45, 7) is -0.667. The van der Waals surface area contributed by atoms with Crippen molar-refractivity contribution in [3.63, 3.8) is 0 Å². The lowest BCUT2D eigenvalue weighted by atomic mass is 10.2. The molecule has 126 valence electrons. The van der Waals surface area contributed by atoms with Gasteiger partial charge in [-0.25, -0.2) is 14.0 Å². The van der Waals surface area contributed by atoms with Gasteiger partial charge in [0.05, 0.1) is 5.69 Å². The third-order valence-electron chi connectivity index (χ3n) is 3.34. The van der Waals surface area contributed by atoms with E-state index >= 15 is 0 Å². The average molecular weight is 341 g/mol.